The summed E-state index contributed by atoms with van der Waals surface area (Å²) in [5.41, 5.74) is 0.751. The van der Waals surface area contributed by atoms with Crippen molar-refractivity contribution in [3.8, 4) is 0 Å². The molecule has 0 radical (unpaired) electrons. The highest BCUT2D eigenvalue weighted by Gasteiger charge is 2.20. The van der Waals surface area contributed by atoms with Gasteiger partial charge in [-0.15, -0.1) is 0 Å². The quantitative estimate of drug-likeness (QED) is 0.739. The van der Waals surface area contributed by atoms with Crippen molar-refractivity contribution in [3.63, 3.8) is 0 Å². The van der Waals surface area contributed by atoms with Gasteiger partial charge < -0.3 is 15.4 Å². The van der Waals surface area contributed by atoms with Crippen molar-refractivity contribution in [1.29, 1.82) is 0 Å². The van der Waals surface area contributed by atoms with Crippen molar-refractivity contribution in [2.45, 2.75) is 19.0 Å². The number of pyridine rings is 1. The van der Waals surface area contributed by atoms with Crippen LogP contribution < -0.4 is 10.6 Å². The van der Waals surface area contributed by atoms with E-state index in [-0.39, 0.29) is 0 Å². The molecule has 0 aliphatic heterocycles. The largest absolute Gasteiger partial charge is 0.467 e. The molecule has 2 N–H and O–H groups in total. The molecular formula is C13H19N3O3S. The zero-order valence-corrected chi connectivity index (χ0v) is 12.4. The van der Waals surface area contributed by atoms with Gasteiger partial charge in [0.05, 0.1) is 19.3 Å². The van der Waals surface area contributed by atoms with E-state index < -0.39 is 18.0 Å². The molecule has 0 aliphatic carbocycles. The number of amides is 2. The molecule has 0 saturated heterocycles. The second-order valence-corrected chi connectivity index (χ2v) is 4.99. The van der Waals surface area contributed by atoms with Crippen LogP contribution in [-0.4, -0.2) is 42.1 Å². The lowest BCUT2D eigenvalue weighted by molar-refractivity contribution is -0.142. The number of carbonyl (C=O) groups excluding carboxylic acids is 2. The normalized spacial score (nSPS) is 11.5. The van der Waals surface area contributed by atoms with E-state index in [9.17, 15) is 9.59 Å². The van der Waals surface area contributed by atoms with Gasteiger partial charge in [-0.05, 0) is 30.6 Å². The number of thioether (sulfide) groups is 1. The van der Waals surface area contributed by atoms with Crippen molar-refractivity contribution in [3.05, 3.63) is 30.1 Å². The third-order valence-corrected chi connectivity index (χ3v) is 3.20. The van der Waals surface area contributed by atoms with Crippen LogP contribution in [-0.2, 0) is 16.1 Å². The molecule has 1 aromatic rings. The van der Waals surface area contributed by atoms with Gasteiger partial charge in [-0.1, -0.05) is 6.07 Å². The monoisotopic (exact) mass is 297 g/mol. The standard InChI is InChI=1S/C13H19N3O3S/c1-19-12(17)11(6-8-20-2)16-13(18)15-9-10-5-3-4-7-14-10/h3-5,7,11H,6,8-9H2,1-2H3,(H2,15,16,18)/t11-/m0/s1. The summed E-state index contributed by atoms with van der Waals surface area (Å²) < 4.78 is 4.67. The molecule has 0 aliphatic rings. The van der Waals surface area contributed by atoms with Crippen molar-refractivity contribution in [2.24, 2.45) is 0 Å². The maximum atomic E-state index is 11.7. The molecule has 1 atom stereocenters. The molecule has 20 heavy (non-hydrogen) atoms. The summed E-state index contributed by atoms with van der Waals surface area (Å²) in [5.74, 6) is 0.326. The molecule has 0 unspecified atom stereocenters. The number of urea groups is 1. The fourth-order valence-corrected chi connectivity index (χ4v) is 1.98. The van der Waals surface area contributed by atoms with E-state index in [1.807, 2.05) is 18.4 Å². The fraction of sp³-hybridized carbons (Fsp3) is 0.462. The summed E-state index contributed by atoms with van der Waals surface area (Å²) in [6.07, 6.45) is 4.13. The lowest BCUT2D eigenvalue weighted by atomic mass is 10.2. The SMILES string of the molecule is COC(=O)[C@H](CCSC)NC(=O)NCc1ccccn1. The molecule has 0 saturated carbocycles. The first-order valence-electron chi connectivity index (χ1n) is 6.18. The number of hydrogen-bond donors (Lipinski definition) is 2. The molecule has 0 bridgehead atoms. The molecule has 0 fully saturated rings. The first-order chi connectivity index (χ1) is 9.67. The molecule has 7 heteroatoms. The van der Waals surface area contributed by atoms with E-state index in [0.717, 1.165) is 11.4 Å². The zero-order chi connectivity index (χ0) is 14.8. The number of nitrogens with zero attached hydrogens (tertiary/aromatic N) is 1. The van der Waals surface area contributed by atoms with Crippen LogP contribution >= 0.6 is 11.8 Å². The number of hydrogen-bond acceptors (Lipinski definition) is 5. The van der Waals surface area contributed by atoms with Crippen LogP contribution in [0.1, 0.15) is 12.1 Å². The minimum absolute atomic E-state index is 0.309. The van der Waals surface area contributed by atoms with E-state index in [0.29, 0.717) is 13.0 Å². The molecule has 1 rings (SSSR count). The lowest BCUT2D eigenvalue weighted by Gasteiger charge is -2.16. The summed E-state index contributed by atoms with van der Waals surface area (Å²) in [5, 5.41) is 5.26. The third kappa shape index (κ3) is 5.92. The minimum Gasteiger partial charge on any atom is -0.467 e. The van der Waals surface area contributed by atoms with Gasteiger partial charge in [0.2, 0.25) is 0 Å². The average Bonchev–Trinajstić information content (AvgIpc) is 2.49. The molecule has 110 valence electrons. The Hall–Kier alpha value is -1.76. The van der Waals surface area contributed by atoms with Crippen LogP contribution in [0.15, 0.2) is 24.4 Å². The van der Waals surface area contributed by atoms with E-state index >= 15 is 0 Å². The smallest absolute Gasteiger partial charge is 0.328 e. The van der Waals surface area contributed by atoms with Gasteiger partial charge in [-0.3, -0.25) is 4.98 Å². The van der Waals surface area contributed by atoms with Crippen LogP contribution in [0.5, 0.6) is 0 Å². The molecule has 0 spiro atoms. The van der Waals surface area contributed by atoms with Crippen molar-refractivity contribution < 1.29 is 14.3 Å². The number of methoxy groups -OCH3 is 1. The predicted octanol–water partition coefficient (Wildman–Crippen LogP) is 1.18. The van der Waals surface area contributed by atoms with Crippen LogP contribution in [0.4, 0.5) is 4.79 Å². The summed E-state index contributed by atoms with van der Waals surface area (Å²) in [7, 11) is 1.31. The van der Waals surface area contributed by atoms with Crippen molar-refractivity contribution in [2.75, 3.05) is 19.1 Å². The van der Waals surface area contributed by atoms with Gasteiger partial charge in [0.1, 0.15) is 6.04 Å². The van der Waals surface area contributed by atoms with Crippen molar-refractivity contribution in [1.82, 2.24) is 15.6 Å². The Kier molecular flexibility index (Phi) is 7.49. The van der Waals surface area contributed by atoms with Gasteiger partial charge in [-0.2, -0.15) is 11.8 Å². The van der Waals surface area contributed by atoms with Gasteiger partial charge in [0, 0.05) is 6.20 Å². The van der Waals surface area contributed by atoms with Crippen LogP contribution in [0.3, 0.4) is 0 Å². The molecular weight excluding hydrogens is 278 g/mol. The van der Waals surface area contributed by atoms with E-state index in [2.05, 4.69) is 20.4 Å². The number of rotatable bonds is 7. The second-order valence-electron chi connectivity index (χ2n) is 4.01. The van der Waals surface area contributed by atoms with E-state index in [1.165, 1.54) is 7.11 Å². The molecule has 1 heterocycles. The fourth-order valence-electron chi connectivity index (χ4n) is 1.51. The Morgan fingerprint density at radius 2 is 2.25 bits per heavy atom. The van der Waals surface area contributed by atoms with Crippen LogP contribution in [0, 0.1) is 0 Å². The third-order valence-electron chi connectivity index (χ3n) is 2.56. The summed E-state index contributed by atoms with van der Waals surface area (Å²) in [6.45, 7) is 0.309. The maximum absolute atomic E-state index is 11.7. The number of carbonyl (C=O) groups is 2. The highest BCUT2D eigenvalue weighted by molar-refractivity contribution is 7.98. The molecule has 6 nitrogen and oxygen atoms in total. The number of aromatic nitrogens is 1. The summed E-state index contributed by atoms with van der Waals surface area (Å²) in [6, 6.07) is 4.42. The van der Waals surface area contributed by atoms with Gasteiger partial charge in [-0.25, -0.2) is 9.59 Å². The van der Waals surface area contributed by atoms with Gasteiger partial charge >= 0.3 is 12.0 Å². The highest BCUT2D eigenvalue weighted by atomic mass is 32.2. The summed E-state index contributed by atoms with van der Waals surface area (Å²) in [4.78, 5) is 27.4. The molecule has 2 amide bonds. The Balaban J connectivity index is 2.43. The van der Waals surface area contributed by atoms with Gasteiger partial charge in [0.25, 0.3) is 0 Å². The number of ether oxygens (including phenoxy) is 1. The van der Waals surface area contributed by atoms with E-state index in [1.54, 1.807) is 24.0 Å². The predicted molar refractivity (Wildman–Crippen MR) is 78.4 cm³/mol. The first kappa shape index (κ1) is 16.3. The maximum Gasteiger partial charge on any atom is 0.328 e. The Morgan fingerprint density at radius 3 is 2.85 bits per heavy atom. The first-order valence-corrected chi connectivity index (χ1v) is 7.57. The Labute approximate surface area is 122 Å². The Morgan fingerprint density at radius 1 is 1.45 bits per heavy atom. The second kappa shape index (κ2) is 9.19. The Bertz CT molecular complexity index is 428. The van der Waals surface area contributed by atoms with Gasteiger partial charge in [0.15, 0.2) is 0 Å². The summed E-state index contributed by atoms with van der Waals surface area (Å²) >= 11 is 1.61. The topological polar surface area (TPSA) is 80.3 Å². The average molecular weight is 297 g/mol. The molecule has 1 aromatic heterocycles. The lowest BCUT2D eigenvalue weighted by Crippen LogP contribution is -2.46. The highest BCUT2D eigenvalue weighted by Crippen LogP contribution is 2.02. The van der Waals surface area contributed by atoms with Crippen LogP contribution in [0.25, 0.3) is 0 Å². The minimum atomic E-state index is -0.629. The van der Waals surface area contributed by atoms with Crippen molar-refractivity contribution >= 4 is 23.8 Å². The zero-order valence-electron chi connectivity index (χ0n) is 11.6. The molecule has 0 aromatic carbocycles. The number of nitrogens with one attached hydrogen (secondary N) is 2. The van der Waals surface area contributed by atoms with Crippen LogP contribution in [0.2, 0.25) is 0 Å². The number of esters is 1. The van der Waals surface area contributed by atoms with E-state index in [4.69, 9.17) is 0 Å².